The molecule has 2 rings (SSSR count). The highest BCUT2D eigenvalue weighted by atomic mass is 79.9. The van der Waals surface area contributed by atoms with Crippen LogP contribution in [0.1, 0.15) is 17.8 Å². The van der Waals surface area contributed by atoms with Crippen LogP contribution in [0.2, 0.25) is 0 Å². The molecule has 1 atom stereocenters. The van der Waals surface area contributed by atoms with Crippen LogP contribution in [0.15, 0.2) is 40.2 Å². The average molecular weight is 312 g/mol. The van der Waals surface area contributed by atoms with Crippen molar-refractivity contribution < 1.29 is 4.74 Å². The highest BCUT2D eigenvalue weighted by Crippen LogP contribution is 2.31. The number of hydrogen-bond acceptors (Lipinski definition) is 3. The van der Waals surface area contributed by atoms with E-state index in [4.69, 9.17) is 4.74 Å². The molecular formula is C13H14BrNOS. The Kier molecular flexibility index (Phi) is 4.07. The number of ether oxygens (including phenoxy) is 1. The summed E-state index contributed by atoms with van der Waals surface area (Å²) in [6, 6.07) is 10.4. The highest BCUT2D eigenvalue weighted by molar-refractivity contribution is 9.10. The third-order valence-corrected chi connectivity index (χ3v) is 4.05. The third kappa shape index (κ3) is 3.01. The lowest BCUT2D eigenvalue weighted by molar-refractivity contribution is 0.416. The van der Waals surface area contributed by atoms with Crippen LogP contribution >= 0.6 is 27.3 Å². The highest BCUT2D eigenvalue weighted by Gasteiger charge is 2.09. The van der Waals surface area contributed by atoms with Crippen molar-refractivity contribution in [3.8, 4) is 5.75 Å². The van der Waals surface area contributed by atoms with E-state index in [0.717, 1.165) is 15.9 Å². The molecule has 2 nitrogen and oxygen atoms in total. The van der Waals surface area contributed by atoms with Crippen LogP contribution in [0.25, 0.3) is 0 Å². The molecule has 2 aromatic rings. The fourth-order valence-electron chi connectivity index (χ4n) is 1.64. The first-order valence-electron chi connectivity index (χ1n) is 5.34. The zero-order chi connectivity index (χ0) is 12.3. The lowest BCUT2D eigenvalue weighted by atomic mass is 10.2. The predicted octanol–water partition coefficient (Wildman–Crippen LogP) is 4.69. The van der Waals surface area contributed by atoms with E-state index >= 15 is 0 Å². The minimum atomic E-state index is 0.276. The number of nitrogens with one attached hydrogen (secondary N) is 1. The SMILES string of the molecule is COc1ccc(Br)cc1NC(C)c1cccs1. The molecule has 0 amide bonds. The zero-order valence-electron chi connectivity index (χ0n) is 9.74. The van der Waals surface area contributed by atoms with E-state index in [2.05, 4.69) is 45.7 Å². The van der Waals surface area contributed by atoms with Crippen molar-refractivity contribution in [2.24, 2.45) is 0 Å². The van der Waals surface area contributed by atoms with Gasteiger partial charge < -0.3 is 10.1 Å². The molecule has 0 aliphatic heterocycles. The number of hydrogen-bond donors (Lipinski definition) is 1. The molecule has 1 N–H and O–H groups in total. The van der Waals surface area contributed by atoms with Crippen molar-refractivity contribution >= 4 is 33.0 Å². The van der Waals surface area contributed by atoms with Gasteiger partial charge in [-0.3, -0.25) is 0 Å². The van der Waals surface area contributed by atoms with E-state index in [1.54, 1.807) is 18.4 Å². The molecule has 4 heteroatoms. The molecule has 0 bridgehead atoms. The molecule has 17 heavy (non-hydrogen) atoms. The van der Waals surface area contributed by atoms with Gasteiger partial charge in [-0.1, -0.05) is 22.0 Å². The van der Waals surface area contributed by atoms with Gasteiger partial charge in [0.05, 0.1) is 18.8 Å². The molecular weight excluding hydrogens is 298 g/mol. The zero-order valence-corrected chi connectivity index (χ0v) is 12.1. The van der Waals surface area contributed by atoms with E-state index in [0.29, 0.717) is 0 Å². The molecule has 0 aliphatic carbocycles. The van der Waals surface area contributed by atoms with Crippen molar-refractivity contribution in [2.45, 2.75) is 13.0 Å². The summed E-state index contributed by atoms with van der Waals surface area (Å²) in [6.07, 6.45) is 0. The van der Waals surface area contributed by atoms with Crippen LogP contribution in [0.3, 0.4) is 0 Å². The summed E-state index contributed by atoms with van der Waals surface area (Å²) in [5, 5.41) is 5.55. The lowest BCUT2D eigenvalue weighted by Gasteiger charge is -2.16. The molecule has 1 heterocycles. The molecule has 0 radical (unpaired) electrons. The molecule has 1 unspecified atom stereocenters. The number of rotatable bonds is 4. The lowest BCUT2D eigenvalue weighted by Crippen LogP contribution is -2.06. The maximum absolute atomic E-state index is 5.34. The van der Waals surface area contributed by atoms with Crippen molar-refractivity contribution in [1.82, 2.24) is 0 Å². The van der Waals surface area contributed by atoms with Gasteiger partial charge in [-0.25, -0.2) is 0 Å². The molecule has 1 aromatic heterocycles. The second kappa shape index (κ2) is 5.56. The summed E-state index contributed by atoms with van der Waals surface area (Å²) >= 11 is 5.22. The summed E-state index contributed by atoms with van der Waals surface area (Å²) < 4.78 is 6.38. The Morgan fingerprint density at radius 1 is 1.35 bits per heavy atom. The largest absolute Gasteiger partial charge is 0.495 e. The van der Waals surface area contributed by atoms with Gasteiger partial charge in [0.2, 0.25) is 0 Å². The van der Waals surface area contributed by atoms with Gasteiger partial charge in [0.15, 0.2) is 0 Å². The van der Waals surface area contributed by atoms with Crippen LogP contribution in [0.4, 0.5) is 5.69 Å². The third-order valence-electron chi connectivity index (χ3n) is 2.50. The Balaban J connectivity index is 2.20. The Morgan fingerprint density at radius 2 is 2.18 bits per heavy atom. The first-order chi connectivity index (χ1) is 8.20. The van der Waals surface area contributed by atoms with Gasteiger partial charge in [0, 0.05) is 9.35 Å². The maximum Gasteiger partial charge on any atom is 0.142 e. The number of benzene rings is 1. The Hall–Kier alpha value is -1.00. The quantitative estimate of drug-likeness (QED) is 0.884. The molecule has 0 aliphatic rings. The average Bonchev–Trinajstić information content (AvgIpc) is 2.83. The molecule has 90 valence electrons. The topological polar surface area (TPSA) is 21.3 Å². The van der Waals surface area contributed by atoms with Gasteiger partial charge in [0.1, 0.15) is 5.75 Å². The maximum atomic E-state index is 5.34. The Morgan fingerprint density at radius 3 is 2.82 bits per heavy atom. The van der Waals surface area contributed by atoms with Crippen LogP contribution in [-0.4, -0.2) is 7.11 Å². The first kappa shape index (κ1) is 12.5. The Bertz CT molecular complexity index is 484. The summed E-state index contributed by atoms with van der Waals surface area (Å²) in [5.74, 6) is 0.858. The van der Waals surface area contributed by atoms with E-state index in [1.807, 2.05) is 18.2 Å². The summed E-state index contributed by atoms with van der Waals surface area (Å²) in [5.41, 5.74) is 1.00. The second-order valence-corrected chi connectivity index (χ2v) is 5.62. The molecule has 0 saturated heterocycles. The molecule has 0 saturated carbocycles. The van der Waals surface area contributed by atoms with Gasteiger partial charge in [-0.15, -0.1) is 11.3 Å². The number of methoxy groups -OCH3 is 1. The van der Waals surface area contributed by atoms with E-state index in [1.165, 1.54) is 4.88 Å². The van der Waals surface area contributed by atoms with Crippen molar-refractivity contribution in [3.63, 3.8) is 0 Å². The summed E-state index contributed by atoms with van der Waals surface area (Å²) in [7, 11) is 1.68. The predicted molar refractivity (Wildman–Crippen MR) is 77.1 cm³/mol. The summed E-state index contributed by atoms with van der Waals surface area (Å²) in [4.78, 5) is 1.31. The first-order valence-corrected chi connectivity index (χ1v) is 7.01. The van der Waals surface area contributed by atoms with Crippen LogP contribution in [0, 0.1) is 0 Å². The smallest absolute Gasteiger partial charge is 0.142 e. The van der Waals surface area contributed by atoms with Crippen LogP contribution in [-0.2, 0) is 0 Å². The van der Waals surface area contributed by atoms with Crippen molar-refractivity contribution in [2.75, 3.05) is 12.4 Å². The number of anilines is 1. The van der Waals surface area contributed by atoms with Crippen molar-refractivity contribution in [1.29, 1.82) is 0 Å². The van der Waals surface area contributed by atoms with Gasteiger partial charge in [-0.05, 0) is 36.6 Å². The summed E-state index contributed by atoms with van der Waals surface area (Å²) in [6.45, 7) is 2.15. The molecule has 0 fully saturated rings. The second-order valence-electron chi connectivity index (χ2n) is 3.73. The fraction of sp³-hybridized carbons (Fsp3) is 0.231. The van der Waals surface area contributed by atoms with Crippen molar-refractivity contribution in [3.05, 3.63) is 45.1 Å². The fourth-order valence-corrected chi connectivity index (χ4v) is 2.73. The van der Waals surface area contributed by atoms with Gasteiger partial charge >= 0.3 is 0 Å². The minimum Gasteiger partial charge on any atom is -0.495 e. The van der Waals surface area contributed by atoms with E-state index < -0.39 is 0 Å². The normalized spacial score (nSPS) is 12.2. The van der Waals surface area contributed by atoms with E-state index in [9.17, 15) is 0 Å². The Labute approximate surface area is 114 Å². The van der Waals surface area contributed by atoms with Crippen LogP contribution in [0.5, 0.6) is 5.75 Å². The van der Waals surface area contributed by atoms with Gasteiger partial charge in [-0.2, -0.15) is 0 Å². The number of halogens is 1. The molecule has 0 spiro atoms. The monoisotopic (exact) mass is 311 g/mol. The minimum absolute atomic E-state index is 0.276. The van der Waals surface area contributed by atoms with Crippen LogP contribution < -0.4 is 10.1 Å². The molecule has 1 aromatic carbocycles. The number of thiophene rings is 1. The van der Waals surface area contributed by atoms with Gasteiger partial charge in [0.25, 0.3) is 0 Å². The van der Waals surface area contributed by atoms with E-state index in [-0.39, 0.29) is 6.04 Å². The standard InChI is InChI=1S/C13H14BrNOS/c1-9(13-4-3-7-17-13)15-11-8-10(14)5-6-12(11)16-2/h3-9,15H,1-2H3.